The summed E-state index contributed by atoms with van der Waals surface area (Å²) >= 11 is 0. The first-order chi connectivity index (χ1) is 26.5. The molecule has 0 saturated carbocycles. The predicted molar refractivity (Wildman–Crippen MR) is 222 cm³/mol. The van der Waals surface area contributed by atoms with Crippen LogP contribution in [0.2, 0.25) is 0 Å². The Morgan fingerprint density at radius 1 is 0.750 bits per heavy atom. The van der Waals surface area contributed by atoms with E-state index in [1.165, 1.54) is 36.4 Å². The van der Waals surface area contributed by atoms with Crippen molar-refractivity contribution in [3.63, 3.8) is 0 Å². The number of aliphatic hydroxyl groups excluding tert-OH is 1. The van der Waals surface area contributed by atoms with E-state index >= 15 is 0 Å². The number of aryl methyl sites for hydroxylation is 1. The van der Waals surface area contributed by atoms with Crippen LogP contribution in [-0.4, -0.2) is 76.1 Å². The maximum atomic E-state index is 11.5. The maximum absolute atomic E-state index is 11.5. The van der Waals surface area contributed by atoms with Crippen LogP contribution < -0.4 is 31.3 Å². The van der Waals surface area contributed by atoms with E-state index in [9.17, 15) is 31.0 Å². The molecule has 0 aliphatic carbocycles. The number of aliphatic hydroxyl groups is 1. The Bertz CT molecular complexity index is 2310. The van der Waals surface area contributed by atoms with Crippen LogP contribution in [0.25, 0.3) is 0 Å². The fourth-order valence-corrected chi connectivity index (χ4v) is 6.15. The number of anilines is 5. The van der Waals surface area contributed by atoms with Crippen molar-refractivity contribution in [1.82, 2.24) is 5.32 Å². The molecule has 0 aliphatic rings. The average molecular weight is 807 g/mol. The molecule has 0 aliphatic heterocycles. The predicted octanol–water partition coefficient (Wildman–Crippen LogP) is 6.56. The van der Waals surface area contributed by atoms with E-state index in [-0.39, 0.29) is 34.7 Å². The minimum Gasteiger partial charge on any atom is -0.395 e. The van der Waals surface area contributed by atoms with Gasteiger partial charge in [0.05, 0.1) is 44.8 Å². The first-order valence-electron chi connectivity index (χ1n) is 17.3. The summed E-state index contributed by atoms with van der Waals surface area (Å²) in [6, 6.07) is 22.2. The van der Waals surface area contributed by atoms with Crippen molar-refractivity contribution in [2.75, 3.05) is 59.3 Å². The molecule has 7 N–H and O–H groups in total. The molecule has 0 amide bonds. The van der Waals surface area contributed by atoms with E-state index in [2.05, 4.69) is 53.1 Å². The molecule has 0 fully saturated rings. The zero-order valence-corrected chi connectivity index (χ0v) is 33.2. The summed E-state index contributed by atoms with van der Waals surface area (Å²) in [7, 11) is -6.97. The number of nitrogens with zero attached hydrogens (tertiary/aromatic N) is 6. The Hall–Kier alpha value is -5.86. The molecule has 0 spiro atoms. The summed E-state index contributed by atoms with van der Waals surface area (Å²) in [4.78, 5) is 11.0. The number of hydrazine groups is 1. The van der Waals surface area contributed by atoms with E-state index in [1.807, 2.05) is 51.1 Å². The number of amidine groups is 1. The molecule has 0 saturated heterocycles. The van der Waals surface area contributed by atoms with E-state index in [1.54, 1.807) is 37.2 Å². The molecule has 0 unspecified atom stereocenters. The smallest absolute Gasteiger partial charge is 0.294 e. The third kappa shape index (κ3) is 12.3. The van der Waals surface area contributed by atoms with Gasteiger partial charge in [0, 0.05) is 32.4 Å². The number of hydrogen-bond acceptors (Lipinski definition) is 12. The number of guanidine groups is 1. The molecule has 0 aromatic heterocycles. The zero-order valence-electron chi connectivity index (χ0n) is 31.6. The normalized spacial score (nSPS) is 12.4. The summed E-state index contributed by atoms with van der Waals surface area (Å²) in [5, 5.41) is 29.3. The van der Waals surface area contributed by atoms with Crippen LogP contribution >= 0.6 is 0 Å². The number of benzene rings is 4. The molecule has 4 aromatic carbocycles. The third-order valence-electron chi connectivity index (χ3n) is 8.03. The molecule has 298 valence electrons. The molecular weight excluding hydrogens is 761 g/mol. The van der Waals surface area contributed by atoms with Crippen molar-refractivity contribution >= 4 is 71.8 Å². The lowest BCUT2D eigenvalue weighted by atomic mass is 10.2. The van der Waals surface area contributed by atoms with Gasteiger partial charge < -0.3 is 26.0 Å². The van der Waals surface area contributed by atoms with Crippen molar-refractivity contribution in [2.24, 2.45) is 20.2 Å². The SMILES string of the molecule is C=C(/N=C(\N=C(/C)NCCO)Nc1cc(N(CC)CC)ccc1N=Nc1ccc(S(=O)(=O)O)cc1)Nc1cc(C)ccc1NN(C)c1ccc(S(=O)(=O)O)cc1. The Morgan fingerprint density at radius 2 is 1.36 bits per heavy atom. The number of hydrogen-bond donors (Lipinski definition) is 7. The van der Waals surface area contributed by atoms with Gasteiger partial charge in [-0.3, -0.25) is 19.5 Å². The van der Waals surface area contributed by atoms with Gasteiger partial charge in [-0.15, -0.1) is 5.11 Å². The van der Waals surface area contributed by atoms with Crippen molar-refractivity contribution < 1.29 is 31.0 Å². The van der Waals surface area contributed by atoms with Gasteiger partial charge in [-0.25, -0.2) is 4.99 Å². The minimum atomic E-state index is -4.37. The monoisotopic (exact) mass is 806 g/mol. The summed E-state index contributed by atoms with van der Waals surface area (Å²) in [6.45, 7) is 13.4. The van der Waals surface area contributed by atoms with Crippen LogP contribution in [0.4, 0.5) is 39.8 Å². The van der Waals surface area contributed by atoms with Gasteiger partial charge >= 0.3 is 0 Å². The largest absolute Gasteiger partial charge is 0.395 e. The van der Waals surface area contributed by atoms with Crippen molar-refractivity contribution in [2.45, 2.75) is 37.5 Å². The molecule has 17 nitrogen and oxygen atoms in total. The van der Waals surface area contributed by atoms with Crippen LogP contribution in [0.3, 0.4) is 0 Å². The average Bonchev–Trinajstić information content (AvgIpc) is 3.14. The Morgan fingerprint density at radius 3 is 1.95 bits per heavy atom. The summed E-state index contributed by atoms with van der Waals surface area (Å²) in [5.41, 5.74) is 8.16. The summed E-state index contributed by atoms with van der Waals surface area (Å²) < 4.78 is 64.7. The highest BCUT2D eigenvalue weighted by molar-refractivity contribution is 7.86. The molecular formula is C37H46N10O7S2. The number of azo groups is 1. The topological polar surface area (TPSA) is 233 Å². The van der Waals surface area contributed by atoms with Gasteiger partial charge in [0.1, 0.15) is 17.3 Å². The fourth-order valence-electron chi connectivity index (χ4n) is 5.19. The minimum absolute atomic E-state index is 0.106. The van der Waals surface area contributed by atoms with Crippen LogP contribution in [-0.2, 0) is 20.2 Å². The quantitative estimate of drug-likeness (QED) is 0.0209. The Balaban J connectivity index is 1.69. The van der Waals surface area contributed by atoms with Crippen LogP contribution in [0.15, 0.2) is 127 Å². The molecule has 0 radical (unpaired) electrons. The van der Waals surface area contributed by atoms with Gasteiger partial charge in [-0.1, -0.05) is 12.6 Å². The highest BCUT2D eigenvalue weighted by atomic mass is 32.2. The van der Waals surface area contributed by atoms with Gasteiger partial charge in [-0.05, 0) is 112 Å². The standard InChI is InChI=1S/C37H46N10O7S2/c1-7-47(8-2)30-14-20-33(44-43-28-10-15-31(16-11-28)55(49,50)51)36(24-30)42-37(40-26(4)38-21-22-48)41-27(5)39-35-23-25(3)9-19-34(35)45-46(6)29-12-17-32(18-13-29)56(52,53)54/h9-20,23-24,39,45,48H,5,7-8,21-22H2,1-4,6H3,(H,49,50,51)(H,52,53,54)(H2,38,40,41,42). The zero-order chi connectivity index (χ0) is 41.0. The lowest BCUT2D eigenvalue weighted by Gasteiger charge is -2.24. The second kappa shape index (κ2) is 19.1. The van der Waals surface area contributed by atoms with Crippen LogP contribution in [0.5, 0.6) is 0 Å². The second-order valence-electron chi connectivity index (χ2n) is 12.2. The van der Waals surface area contributed by atoms with Gasteiger partial charge in [0.15, 0.2) is 0 Å². The molecule has 0 bridgehead atoms. The summed E-state index contributed by atoms with van der Waals surface area (Å²) in [6.07, 6.45) is 0. The van der Waals surface area contributed by atoms with Crippen molar-refractivity contribution in [3.8, 4) is 0 Å². The molecule has 19 heteroatoms. The molecule has 56 heavy (non-hydrogen) atoms. The highest BCUT2D eigenvalue weighted by Gasteiger charge is 2.14. The van der Waals surface area contributed by atoms with Gasteiger partial charge in [0.25, 0.3) is 20.2 Å². The number of nitrogens with one attached hydrogen (secondary N) is 4. The van der Waals surface area contributed by atoms with E-state index < -0.39 is 20.2 Å². The maximum Gasteiger partial charge on any atom is 0.294 e. The van der Waals surface area contributed by atoms with Crippen molar-refractivity contribution in [1.29, 1.82) is 0 Å². The van der Waals surface area contributed by atoms with Crippen LogP contribution in [0.1, 0.15) is 26.3 Å². The van der Waals surface area contributed by atoms with E-state index in [0.717, 1.165) is 24.3 Å². The van der Waals surface area contributed by atoms with Gasteiger partial charge in [-0.2, -0.15) is 26.9 Å². The van der Waals surface area contributed by atoms with E-state index in [4.69, 9.17) is 0 Å². The first-order valence-corrected chi connectivity index (χ1v) is 20.2. The Labute approximate surface area is 327 Å². The Kier molecular flexibility index (Phi) is 14.7. The highest BCUT2D eigenvalue weighted by Crippen LogP contribution is 2.33. The van der Waals surface area contributed by atoms with Crippen molar-refractivity contribution in [3.05, 3.63) is 103 Å². The first kappa shape index (κ1) is 42.9. The summed E-state index contributed by atoms with van der Waals surface area (Å²) in [5.74, 6) is 0.746. The fraction of sp³-hybridized carbons (Fsp3) is 0.243. The van der Waals surface area contributed by atoms with E-state index in [0.29, 0.717) is 40.0 Å². The molecule has 0 heterocycles. The number of rotatable bonds is 16. The molecule has 0 atom stereocenters. The van der Waals surface area contributed by atoms with Crippen LogP contribution in [0, 0.1) is 6.92 Å². The van der Waals surface area contributed by atoms with Gasteiger partial charge in [0.2, 0.25) is 5.96 Å². The lowest BCUT2D eigenvalue weighted by molar-refractivity contribution is 0.300. The second-order valence-corrected chi connectivity index (χ2v) is 15.1. The molecule has 4 rings (SSSR count). The number of aliphatic imine (C=N–C) groups is 2. The molecule has 4 aromatic rings. The lowest BCUT2D eigenvalue weighted by Crippen LogP contribution is -2.26. The third-order valence-corrected chi connectivity index (χ3v) is 9.77.